The van der Waals surface area contributed by atoms with Gasteiger partial charge in [0.2, 0.25) is 0 Å². The fourth-order valence-electron chi connectivity index (χ4n) is 2.23. The van der Waals surface area contributed by atoms with Crippen LogP contribution in [0.1, 0.15) is 12.5 Å². The Morgan fingerprint density at radius 2 is 2.25 bits per heavy atom. The standard InChI is InChI=1S/C13H20N2O/c1-10-8-12(4-5-13(10)16-3)15-7-6-14-11(2)9-15/h4-5,8,11,14H,6-7,9H2,1-3H3. The molecule has 3 nitrogen and oxygen atoms in total. The number of hydrogen-bond acceptors (Lipinski definition) is 3. The van der Waals surface area contributed by atoms with Gasteiger partial charge in [-0.15, -0.1) is 0 Å². The summed E-state index contributed by atoms with van der Waals surface area (Å²) < 4.78 is 5.28. The molecule has 1 aliphatic rings. The van der Waals surface area contributed by atoms with Gasteiger partial charge in [0.1, 0.15) is 5.75 Å². The summed E-state index contributed by atoms with van der Waals surface area (Å²) in [6.45, 7) is 7.53. The van der Waals surface area contributed by atoms with Crippen molar-refractivity contribution >= 4 is 5.69 Å². The van der Waals surface area contributed by atoms with Crippen LogP contribution in [-0.2, 0) is 0 Å². The molecule has 1 saturated heterocycles. The van der Waals surface area contributed by atoms with Crippen molar-refractivity contribution in [3.8, 4) is 5.75 Å². The van der Waals surface area contributed by atoms with E-state index >= 15 is 0 Å². The van der Waals surface area contributed by atoms with Crippen LogP contribution >= 0.6 is 0 Å². The lowest BCUT2D eigenvalue weighted by molar-refractivity contribution is 0.411. The van der Waals surface area contributed by atoms with E-state index in [1.165, 1.54) is 11.3 Å². The first-order valence-corrected chi connectivity index (χ1v) is 5.83. The number of nitrogens with zero attached hydrogens (tertiary/aromatic N) is 1. The van der Waals surface area contributed by atoms with E-state index in [2.05, 4.69) is 42.3 Å². The molecule has 0 bridgehead atoms. The van der Waals surface area contributed by atoms with Crippen LogP contribution in [0.25, 0.3) is 0 Å². The maximum Gasteiger partial charge on any atom is 0.121 e. The predicted molar refractivity (Wildman–Crippen MR) is 67.4 cm³/mol. The Hall–Kier alpha value is -1.22. The van der Waals surface area contributed by atoms with Crippen LogP contribution in [0, 0.1) is 6.92 Å². The Morgan fingerprint density at radius 3 is 2.88 bits per heavy atom. The highest BCUT2D eigenvalue weighted by atomic mass is 16.5. The van der Waals surface area contributed by atoms with Gasteiger partial charge in [0.25, 0.3) is 0 Å². The zero-order valence-electron chi connectivity index (χ0n) is 10.3. The minimum absolute atomic E-state index is 0.566. The number of aryl methyl sites for hydroxylation is 1. The van der Waals surface area contributed by atoms with E-state index in [0.29, 0.717) is 6.04 Å². The molecule has 0 aliphatic carbocycles. The van der Waals surface area contributed by atoms with Gasteiger partial charge in [0.15, 0.2) is 0 Å². The molecule has 0 radical (unpaired) electrons. The summed E-state index contributed by atoms with van der Waals surface area (Å²) in [6, 6.07) is 6.97. The largest absolute Gasteiger partial charge is 0.496 e. The van der Waals surface area contributed by atoms with Crippen LogP contribution < -0.4 is 15.0 Å². The Morgan fingerprint density at radius 1 is 1.44 bits per heavy atom. The lowest BCUT2D eigenvalue weighted by Crippen LogP contribution is -2.49. The van der Waals surface area contributed by atoms with Crippen LogP contribution in [0.15, 0.2) is 18.2 Å². The summed E-state index contributed by atoms with van der Waals surface area (Å²) >= 11 is 0. The Balaban J connectivity index is 2.17. The second-order valence-electron chi connectivity index (χ2n) is 4.46. The second-order valence-corrected chi connectivity index (χ2v) is 4.46. The van der Waals surface area contributed by atoms with Gasteiger partial charge in [-0.25, -0.2) is 0 Å². The molecular weight excluding hydrogens is 200 g/mol. The minimum Gasteiger partial charge on any atom is -0.496 e. The molecule has 1 heterocycles. The summed E-state index contributed by atoms with van der Waals surface area (Å²) in [5.41, 5.74) is 2.50. The topological polar surface area (TPSA) is 24.5 Å². The van der Waals surface area contributed by atoms with E-state index in [1.807, 2.05) is 0 Å². The lowest BCUT2D eigenvalue weighted by atomic mass is 10.1. The van der Waals surface area contributed by atoms with Crippen molar-refractivity contribution in [1.29, 1.82) is 0 Å². The van der Waals surface area contributed by atoms with E-state index in [9.17, 15) is 0 Å². The molecular formula is C13H20N2O. The second kappa shape index (κ2) is 4.74. The molecule has 0 saturated carbocycles. The lowest BCUT2D eigenvalue weighted by Gasteiger charge is -2.34. The average molecular weight is 220 g/mol. The molecule has 0 aromatic heterocycles. The molecule has 1 N–H and O–H groups in total. The molecule has 1 aliphatic heterocycles. The van der Waals surface area contributed by atoms with Gasteiger partial charge in [-0.2, -0.15) is 0 Å². The Kier molecular flexibility index (Phi) is 3.34. The first kappa shape index (κ1) is 11.3. The van der Waals surface area contributed by atoms with Crippen molar-refractivity contribution in [2.45, 2.75) is 19.9 Å². The van der Waals surface area contributed by atoms with Crippen molar-refractivity contribution in [2.24, 2.45) is 0 Å². The van der Waals surface area contributed by atoms with Crippen molar-refractivity contribution < 1.29 is 4.74 Å². The van der Waals surface area contributed by atoms with Crippen LogP contribution in [0.2, 0.25) is 0 Å². The number of rotatable bonds is 2. The van der Waals surface area contributed by atoms with Gasteiger partial charge in [-0.3, -0.25) is 0 Å². The van der Waals surface area contributed by atoms with E-state index in [1.54, 1.807) is 7.11 Å². The maximum absolute atomic E-state index is 5.28. The quantitative estimate of drug-likeness (QED) is 0.822. The molecule has 1 fully saturated rings. The number of nitrogens with one attached hydrogen (secondary N) is 1. The van der Waals surface area contributed by atoms with Crippen LogP contribution in [0.5, 0.6) is 5.75 Å². The molecule has 2 rings (SSSR count). The summed E-state index contributed by atoms with van der Waals surface area (Å²) in [5, 5.41) is 3.45. The Bertz CT molecular complexity index is 365. The van der Waals surface area contributed by atoms with Crippen molar-refractivity contribution in [3.63, 3.8) is 0 Å². The van der Waals surface area contributed by atoms with E-state index in [4.69, 9.17) is 4.74 Å². The highest BCUT2D eigenvalue weighted by Crippen LogP contribution is 2.24. The maximum atomic E-state index is 5.28. The van der Waals surface area contributed by atoms with E-state index in [-0.39, 0.29) is 0 Å². The SMILES string of the molecule is COc1ccc(N2CCNC(C)C2)cc1C. The van der Waals surface area contributed by atoms with Crippen LogP contribution in [0.3, 0.4) is 0 Å². The van der Waals surface area contributed by atoms with Gasteiger partial charge in [0.05, 0.1) is 7.11 Å². The molecule has 1 aromatic carbocycles. The van der Waals surface area contributed by atoms with Gasteiger partial charge < -0.3 is 15.0 Å². The number of methoxy groups -OCH3 is 1. The monoisotopic (exact) mass is 220 g/mol. The first-order valence-electron chi connectivity index (χ1n) is 5.83. The van der Waals surface area contributed by atoms with E-state index in [0.717, 1.165) is 25.4 Å². The zero-order valence-corrected chi connectivity index (χ0v) is 10.3. The summed E-state index contributed by atoms with van der Waals surface area (Å²) in [4.78, 5) is 2.42. The molecule has 1 unspecified atom stereocenters. The molecule has 88 valence electrons. The molecule has 0 amide bonds. The minimum atomic E-state index is 0.566. The van der Waals surface area contributed by atoms with Crippen LogP contribution in [-0.4, -0.2) is 32.8 Å². The van der Waals surface area contributed by atoms with E-state index < -0.39 is 0 Å². The highest BCUT2D eigenvalue weighted by Gasteiger charge is 2.16. The third-order valence-corrected chi connectivity index (χ3v) is 3.11. The summed E-state index contributed by atoms with van der Waals surface area (Å²) in [7, 11) is 1.72. The molecule has 1 aromatic rings. The number of piperazine rings is 1. The fraction of sp³-hybridized carbons (Fsp3) is 0.538. The number of benzene rings is 1. The van der Waals surface area contributed by atoms with Gasteiger partial charge in [-0.1, -0.05) is 0 Å². The van der Waals surface area contributed by atoms with Gasteiger partial charge in [0, 0.05) is 31.4 Å². The predicted octanol–water partition coefficient (Wildman–Crippen LogP) is 1.80. The number of hydrogen-bond donors (Lipinski definition) is 1. The van der Waals surface area contributed by atoms with Crippen molar-refractivity contribution in [1.82, 2.24) is 5.32 Å². The summed E-state index contributed by atoms with van der Waals surface area (Å²) in [6.07, 6.45) is 0. The van der Waals surface area contributed by atoms with Crippen molar-refractivity contribution in [3.05, 3.63) is 23.8 Å². The van der Waals surface area contributed by atoms with Crippen molar-refractivity contribution in [2.75, 3.05) is 31.6 Å². The summed E-state index contributed by atoms with van der Waals surface area (Å²) in [5.74, 6) is 0.965. The zero-order chi connectivity index (χ0) is 11.5. The van der Waals surface area contributed by atoms with Gasteiger partial charge in [-0.05, 0) is 37.6 Å². The molecule has 3 heteroatoms. The molecule has 0 spiro atoms. The number of anilines is 1. The third-order valence-electron chi connectivity index (χ3n) is 3.11. The normalized spacial score (nSPS) is 20.9. The first-order chi connectivity index (χ1) is 7.70. The molecule has 16 heavy (non-hydrogen) atoms. The van der Waals surface area contributed by atoms with Crippen LogP contribution in [0.4, 0.5) is 5.69 Å². The average Bonchev–Trinajstić information content (AvgIpc) is 2.29. The Labute approximate surface area is 97.4 Å². The van der Waals surface area contributed by atoms with Gasteiger partial charge >= 0.3 is 0 Å². The number of ether oxygens (including phenoxy) is 1. The third kappa shape index (κ3) is 2.30. The molecule has 1 atom stereocenters. The highest BCUT2D eigenvalue weighted by molar-refractivity contribution is 5.53. The fourth-order valence-corrected chi connectivity index (χ4v) is 2.23. The smallest absolute Gasteiger partial charge is 0.121 e.